The SMILES string of the molecule is N[C@H](C[C@H](Cc1cccc(I)c1)C(=O)O)C(=O)O. The number of benzene rings is 1. The van der Waals surface area contributed by atoms with E-state index in [0.29, 0.717) is 0 Å². The normalized spacial score (nSPS) is 13.9. The van der Waals surface area contributed by atoms with Crippen molar-refractivity contribution >= 4 is 34.5 Å². The van der Waals surface area contributed by atoms with Gasteiger partial charge in [0, 0.05) is 3.57 Å². The molecular formula is C12H14INO4. The van der Waals surface area contributed by atoms with Gasteiger partial charge in [0.05, 0.1) is 5.92 Å². The van der Waals surface area contributed by atoms with Gasteiger partial charge in [-0.2, -0.15) is 0 Å². The van der Waals surface area contributed by atoms with Crippen LogP contribution in [0.1, 0.15) is 12.0 Å². The molecule has 98 valence electrons. The van der Waals surface area contributed by atoms with Gasteiger partial charge in [-0.15, -0.1) is 0 Å². The molecule has 1 aromatic rings. The number of nitrogens with two attached hydrogens (primary N) is 1. The van der Waals surface area contributed by atoms with E-state index in [1.807, 2.05) is 24.3 Å². The van der Waals surface area contributed by atoms with E-state index in [1.165, 1.54) is 0 Å². The first-order valence-electron chi connectivity index (χ1n) is 5.35. The Morgan fingerprint density at radius 1 is 1.28 bits per heavy atom. The fraction of sp³-hybridized carbons (Fsp3) is 0.333. The van der Waals surface area contributed by atoms with E-state index in [2.05, 4.69) is 22.6 Å². The molecule has 0 aromatic heterocycles. The Bertz CT molecular complexity index is 449. The number of aliphatic carboxylic acids is 2. The van der Waals surface area contributed by atoms with Crippen LogP contribution in [0.5, 0.6) is 0 Å². The van der Waals surface area contributed by atoms with Gasteiger partial charge in [0.15, 0.2) is 0 Å². The van der Waals surface area contributed by atoms with Crippen LogP contribution >= 0.6 is 22.6 Å². The molecule has 0 aliphatic carbocycles. The van der Waals surface area contributed by atoms with Crippen LogP contribution < -0.4 is 5.73 Å². The lowest BCUT2D eigenvalue weighted by Crippen LogP contribution is -2.35. The van der Waals surface area contributed by atoms with Gasteiger partial charge in [-0.3, -0.25) is 9.59 Å². The number of rotatable bonds is 6. The standard InChI is InChI=1S/C12H14INO4/c13-9-3-1-2-7(5-9)4-8(11(15)16)6-10(14)12(17)18/h1-3,5,8,10H,4,6,14H2,(H,15,16)(H,17,18)/t8-,10+/m0/s1. The highest BCUT2D eigenvalue weighted by Crippen LogP contribution is 2.16. The van der Waals surface area contributed by atoms with Gasteiger partial charge in [0.1, 0.15) is 6.04 Å². The summed E-state index contributed by atoms with van der Waals surface area (Å²) >= 11 is 2.14. The Balaban J connectivity index is 2.75. The van der Waals surface area contributed by atoms with E-state index < -0.39 is 23.9 Å². The summed E-state index contributed by atoms with van der Waals surface area (Å²) in [4.78, 5) is 21.7. The first kappa shape index (κ1) is 14.9. The molecule has 18 heavy (non-hydrogen) atoms. The lowest BCUT2D eigenvalue weighted by atomic mass is 9.93. The summed E-state index contributed by atoms with van der Waals surface area (Å²) in [7, 11) is 0. The molecule has 0 saturated carbocycles. The summed E-state index contributed by atoms with van der Waals surface area (Å²) in [6, 6.07) is 6.30. The zero-order valence-electron chi connectivity index (χ0n) is 9.54. The Hall–Kier alpha value is -1.15. The predicted octanol–water partition coefficient (Wildman–Crippen LogP) is 1.34. The minimum absolute atomic E-state index is 0.0733. The van der Waals surface area contributed by atoms with Crippen molar-refractivity contribution in [2.24, 2.45) is 11.7 Å². The first-order chi connectivity index (χ1) is 8.40. The number of carbonyl (C=O) groups is 2. The molecule has 0 heterocycles. The molecule has 0 saturated heterocycles. The molecule has 0 unspecified atom stereocenters. The minimum Gasteiger partial charge on any atom is -0.481 e. The van der Waals surface area contributed by atoms with E-state index in [1.54, 1.807) is 0 Å². The maximum atomic E-state index is 11.1. The highest BCUT2D eigenvalue weighted by atomic mass is 127. The molecule has 5 nitrogen and oxygen atoms in total. The number of hydrogen-bond donors (Lipinski definition) is 3. The van der Waals surface area contributed by atoms with Gasteiger partial charge < -0.3 is 15.9 Å². The van der Waals surface area contributed by atoms with E-state index >= 15 is 0 Å². The van der Waals surface area contributed by atoms with Gasteiger partial charge >= 0.3 is 11.9 Å². The summed E-state index contributed by atoms with van der Waals surface area (Å²) < 4.78 is 1.01. The summed E-state index contributed by atoms with van der Waals surface area (Å²) in [5.41, 5.74) is 6.24. The lowest BCUT2D eigenvalue weighted by Gasteiger charge is -2.15. The average molecular weight is 363 g/mol. The molecular weight excluding hydrogens is 349 g/mol. The van der Waals surface area contributed by atoms with Crippen molar-refractivity contribution in [3.8, 4) is 0 Å². The summed E-state index contributed by atoms with van der Waals surface area (Å²) in [6.07, 6.45) is 0.212. The van der Waals surface area contributed by atoms with Gasteiger partial charge in [-0.05, 0) is 53.1 Å². The van der Waals surface area contributed by atoms with E-state index in [0.717, 1.165) is 9.13 Å². The largest absolute Gasteiger partial charge is 0.481 e. The molecule has 0 spiro atoms. The van der Waals surface area contributed by atoms with Gasteiger partial charge in [0.25, 0.3) is 0 Å². The second-order valence-electron chi connectivity index (χ2n) is 4.05. The summed E-state index contributed by atoms with van der Waals surface area (Å²) in [5.74, 6) is -2.98. The molecule has 1 aromatic carbocycles. The van der Waals surface area contributed by atoms with Crippen molar-refractivity contribution in [1.82, 2.24) is 0 Å². The fourth-order valence-corrected chi connectivity index (χ4v) is 2.23. The third-order valence-corrected chi connectivity index (χ3v) is 3.25. The van der Waals surface area contributed by atoms with E-state index in [-0.39, 0.29) is 12.8 Å². The smallest absolute Gasteiger partial charge is 0.320 e. The second kappa shape index (κ2) is 6.69. The first-order valence-corrected chi connectivity index (χ1v) is 6.43. The molecule has 0 bridgehead atoms. The molecule has 0 amide bonds. The predicted molar refractivity (Wildman–Crippen MR) is 74.2 cm³/mol. The van der Waals surface area contributed by atoms with Crippen LogP contribution in [-0.2, 0) is 16.0 Å². The molecule has 6 heteroatoms. The van der Waals surface area contributed by atoms with Crippen molar-refractivity contribution in [1.29, 1.82) is 0 Å². The zero-order valence-corrected chi connectivity index (χ0v) is 11.7. The lowest BCUT2D eigenvalue weighted by molar-refractivity contribution is -0.143. The monoisotopic (exact) mass is 363 g/mol. The average Bonchev–Trinajstić information content (AvgIpc) is 2.27. The van der Waals surface area contributed by atoms with Crippen LogP contribution in [0.15, 0.2) is 24.3 Å². The van der Waals surface area contributed by atoms with Crippen LogP contribution in [0.4, 0.5) is 0 Å². The molecule has 0 aliphatic heterocycles. The molecule has 1 rings (SSSR count). The van der Waals surface area contributed by atoms with Gasteiger partial charge in [-0.1, -0.05) is 12.1 Å². The quantitative estimate of drug-likeness (QED) is 0.663. The van der Waals surface area contributed by atoms with Crippen LogP contribution in [0, 0.1) is 9.49 Å². The molecule has 0 radical (unpaired) electrons. The third-order valence-electron chi connectivity index (χ3n) is 2.58. The number of hydrogen-bond acceptors (Lipinski definition) is 3. The third kappa shape index (κ3) is 4.61. The van der Waals surface area contributed by atoms with Crippen molar-refractivity contribution in [2.45, 2.75) is 18.9 Å². The van der Waals surface area contributed by atoms with Crippen LogP contribution in [0.3, 0.4) is 0 Å². The summed E-state index contributed by atoms with van der Waals surface area (Å²) in [5, 5.41) is 17.8. The number of carboxylic acids is 2. The highest BCUT2D eigenvalue weighted by molar-refractivity contribution is 14.1. The number of carboxylic acid groups (broad SMARTS) is 2. The van der Waals surface area contributed by atoms with Crippen LogP contribution in [0.2, 0.25) is 0 Å². The Labute approximate surface area is 118 Å². The zero-order chi connectivity index (χ0) is 13.7. The van der Waals surface area contributed by atoms with Gasteiger partial charge in [0.2, 0.25) is 0 Å². The molecule has 0 aliphatic rings. The van der Waals surface area contributed by atoms with E-state index in [9.17, 15) is 9.59 Å². The topological polar surface area (TPSA) is 101 Å². The van der Waals surface area contributed by atoms with E-state index in [4.69, 9.17) is 15.9 Å². The maximum Gasteiger partial charge on any atom is 0.320 e. The van der Waals surface area contributed by atoms with Crippen molar-refractivity contribution in [3.63, 3.8) is 0 Å². The highest BCUT2D eigenvalue weighted by Gasteiger charge is 2.24. The fourth-order valence-electron chi connectivity index (χ4n) is 1.63. The summed E-state index contributed by atoms with van der Waals surface area (Å²) in [6.45, 7) is 0. The van der Waals surface area contributed by atoms with Crippen molar-refractivity contribution in [2.75, 3.05) is 0 Å². The Morgan fingerprint density at radius 2 is 1.94 bits per heavy atom. The Morgan fingerprint density at radius 3 is 2.44 bits per heavy atom. The van der Waals surface area contributed by atoms with Crippen LogP contribution in [-0.4, -0.2) is 28.2 Å². The van der Waals surface area contributed by atoms with Crippen LogP contribution in [0.25, 0.3) is 0 Å². The maximum absolute atomic E-state index is 11.1. The molecule has 2 atom stereocenters. The van der Waals surface area contributed by atoms with Crippen molar-refractivity contribution < 1.29 is 19.8 Å². The molecule has 0 fully saturated rings. The van der Waals surface area contributed by atoms with Gasteiger partial charge in [-0.25, -0.2) is 0 Å². The molecule has 4 N–H and O–H groups in total. The second-order valence-corrected chi connectivity index (χ2v) is 5.30. The Kier molecular flexibility index (Phi) is 5.54. The minimum atomic E-state index is -1.18. The number of halogens is 1. The van der Waals surface area contributed by atoms with Crippen molar-refractivity contribution in [3.05, 3.63) is 33.4 Å².